The number of nitrogens with one attached hydrogen (secondary N) is 2. The van der Waals surface area contributed by atoms with E-state index in [0.29, 0.717) is 11.7 Å². The maximum absolute atomic E-state index is 12.7. The Bertz CT molecular complexity index is 808. The molecule has 0 radical (unpaired) electrons. The SMILES string of the molecule is O=C(Nc1nc(-c2ccncc2)cs1)C(NCCO)c1ccccc1. The highest BCUT2D eigenvalue weighted by Crippen LogP contribution is 2.25. The third kappa shape index (κ3) is 4.48. The molecule has 128 valence electrons. The van der Waals surface area contributed by atoms with Crippen molar-refractivity contribution in [2.24, 2.45) is 0 Å². The van der Waals surface area contributed by atoms with Crippen LogP contribution in [-0.2, 0) is 4.79 Å². The smallest absolute Gasteiger partial charge is 0.247 e. The van der Waals surface area contributed by atoms with Crippen molar-refractivity contribution in [1.82, 2.24) is 15.3 Å². The molecule has 3 rings (SSSR count). The first-order valence-electron chi connectivity index (χ1n) is 7.84. The van der Waals surface area contributed by atoms with Crippen LogP contribution in [0.25, 0.3) is 11.3 Å². The number of hydrogen-bond acceptors (Lipinski definition) is 6. The zero-order valence-corrected chi connectivity index (χ0v) is 14.2. The number of anilines is 1. The fourth-order valence-electron chi connectivity index (χ4n) is 2.38. The predicted octanol–water partition coefficient (Wildman–Crippen LogP) is 2.47. The fraction of sp³-hybridized carbons (Fsp3) is 0.167. The molecule has 0 bridgehead atoms. The van der Waals surface area contributed by atoms with E-state index in [1.807, 2.05) is 47.8 Å². The van der Waals surface area contributed by atoms with Gasteiger partial charge in [0.25, 0.3) is 0 Å². The van der Waals surface area contributed by atoms with Crippen molar-refractivity contribution in [1.29, 1.82) is 0 Å². The lowest BCUT2D eigenvalue weighted by atomic mass is 10.1. The third-order valence-corrected chi connectivity index (χ3v) is 4.32. The number of thiazole rings is 1. The zero-order chi connectivity index (χ0) is 17.5. The molecule has 2 aromatic heterocycles. The number of aliphatic hydroxyl groups excluding tert-OH is 1. The van der Waals surface area contributed by atoms with Crippen LogP contribution in [0.1, 0.15) is 11.6 Å². The van der Waals surface area contributed by atoms with Crippen LogP contribution in [0.4, 0.5) is 5.13 Å². The largest absolute Gasteiger partial charge is 0.395 e. The van der Waals surface area contributed by atoms with Gasteiger partial charge in [-0.05, 0) is 17.7 Å². The molecule has 0 saturated carbocycles. The van der Waals surface area contributed by atoms with E-state index in [-0.39, 0.29) is 12.5 Å². The molecule has 1 aromatic carbocycles. The van der Waals surface area contributed by atoms with E-state index in [1.54, 1.807) is 12.4 Å². The highest BCUT2D eigenvalue weighted by molar-refractivity contribution is 7.14. The maximum Gasteiger partial charge on any atom is 0.247 e. The van der Waals surface area contributed by atoms with Gasteiger partial charge in [-0.25, -0.2) is 4.98 Å². The van der Waals surface area contributed by atoms with E-state index < -0.39 is 6.04 Å². The van der Waals surface area contributed by atoms with Crippen molar-refractivity contribution in [3.05, 3.63) is 65.8 Å². The minimum atomic E-state index is -0.554. The Balaban J connectivity index is 1.74. The quantitative estimate of drug-likeness (QED) is 0.607. The second-order valence-corrected chi connectivity index (χ2v) is 6.14. The van der Waals surface area contributed by atoms with Crippen molar-refractivity contribution in [3.8, 4) is 11.3 Å². The second kappa shape index (κ2) is 8.48. The van der Waals surface area contributed by atoms with E-state index in [1.165, 1.54) is 11.3 Å². The number of hydrogen-bond donors (Lipinski definition) is 3. The van der Waals surface area contributed by atoms with Crippen LogP contribution in [0.5, 0.6) is 0 Å². The van der Waals surface area contributed by atoms with Crippen LogP contribution in [0.3, 0.4) is 0 Å². The number of benzene rings is 1. The molecule has 0 fully saturated rings. The molecule has 3 N–H and O–H groups in total. The molecule has 2 heterocycles. The van der Waals surface area contributed by atoms with Crippen LogP contribution in [0.15, 0.2) is 60.2 Å². The Kier molecular flexibility index (Phi) is 5.84. The molecule has 0 aliphatic rings. The van der Waals surface area contributed by atoms with Gasteiger partial charge in [0.2, 0.25) is 5.91 Å². The van der Waals surface area contributed by atoms with Gasteiger partial charge in [0, 0.05) is 29.9 Å². The summed E-state index contributed by atoms with van der Waals surface area (Å²) < 4.78 is 0. The van der Waals surface area contributed by atoms with Crippen LogP contribution >= 0.6 is 11.3 Å². The summed E-state index contributed by atoms with van der Waals surface area (Å²) in [6, 6.07) is 12.6. The molecule has 0 aliphatic heterocycles. The highest BCUT2D eigenvalue weighted by Gasteiger charge is 2.20. The molecule has 0 saturated heterocycles. The number of nitrogens with zero attached hydrogens (tertiary/aromatic N) is 2. The molecule has 25 heavy (non-hydrogen) atoms. The van der Waals surface area contributed by atoms with Crippen molar-refractivity contribution in [2.45, 2.75) is 6.04 Å². The van der Waals surface area contributed by atoms with E-state index >= 15 is 0 Å². The number of amides is 1. The lowest BCUT2D eigenvalue weighted by Crippen LogP contribution is -2.34. The van der Waals surface area contributed by atoms with Gasteiger partial charge in [0.15, 0.2) is 5.13 Å². The van der Waals surface area contributed by atoms with E-state index in [2.05, 4.69) is 20.6 Å². The molecule has 1 amide bonds. The summed E-state index contributed by atoms with van der Waals surface area (Å²) in [5.41, 5.74) is 2.58. The first-order valence-corrected chi connectivity index (χ1v) is 8.72. The van der Waals surface area contributed by atoms with Gasteiger partial charge in [-0.1, -0.05) is 30.3 Å². The Hall–Kier alpha value is -2.61. The number of aromatic nitrogens is 2. The second-order valence-electron chi connectivity index (χ2n) is 5.28. The monoisotopic (exact) mass is 354 g/mol. The molecule has 6 nitrogen and oxygen atoms in total. The Morgan fingerprint density at radius 2 is 1.92 bits per heavy atom. The lowest BCUT2D eigenvalue weighted by molar-refractivity contribution is -0.118. The van der Waals surface area contributed by atoms with Crippen LogP contribution in [0, 0.1) is 0 Å². The maximum atomic E-state index is 12.7. The summed E-state index contributed by atoms with van der Waals surface area (Å²) >= 11 is 1.37. The van der Waals surface area contributed by atoms with Crippen LogP contribution in [0.2, 0.25) is 0 Å². The summed E-state index contributed by atoms with van der Waals surface area (Å²) in [6.45, 7) is 0.285. The number of pyridine rings is 1. The standard InChI is InChI=1S/C18H18N4O2S/c23-11-10-20-16(14-4-2-1-3-5-14)17(24)22-18-21-15(12-25-18)13-6-8-19-9-7-13/h1-9,12,16,20,23H,10-11H2,(H,21,22,24). The molecule has 1 atom stereocenters. The van der Waals surface area contributed by atoms with Gasteiger partial charge in [-0.2, -0.15) is 0 Å². The summed E-state index contributed by atoms with van der Waals surface area (Å²) in [6.07, 6.45) is 3.41. The highest BCUT2D eigenvalue weighted by atomic mass is 32.1. The molecular weight excluding hydrogens is 336 g/mol. The zero-order valence-electron chi connectivity index (χ0n) is 13.4. The first kappa shape index (κ1) is 17.2. The summed E-state index contributed by atoms with van der Waals surface area (Å²) in [7, 11) is 0. The average Bonchev–Trinajstić information content (AvgIpc) is 3.12. The molecule has 0 aliphatic carbocycles. The van der Waals surface area contributed by atoms with Gasteiger partial charge in [-0.3, -0.25) is 15.1 Å². The summed E-state index contributed by atoms with van der Waals surface area (Å²) in [4.78, 5) is 21.1. The molecule has 1 unspecified atom stereocenters. The third-order valence-electron chi connectivity index (χ3n) is 3.57. The molecule has 7 heteroatoms. The minimum absolute atomic E-state index is 0.0416. The van der Waals surface area contributed by atoms with Crippen molar-refractivity contribution < 1.29 is 9.90 Å². The Morgan fingerprint density at radius 1 is 1.16 bits per heavy atom. The Morgan fingerprint density at radius 3 is 2.64 bits per heavy atom. The van der Waals surface area contributed by atoms with Gasteiger partial charge in [-0.15, -0.1) is 11.3 Å². The van der Waals surface area contributed by atoms with Gasteiger partial charge in [0.05, 0.1) is 12.3 Å². The number of carbonyl (C=O) groups excluding carboxylic acids is 1. The number of aliphatic hydroxyl groups is 1. The lowest BCUT2D eigenvalue weighted by Gasteiger charge is -2.17. The first-order chi connectivity index (χ1) is 12.3. The van der Waals surface area contributed by atoms with E-state index in [9.17, 15) is 4.79 Å². The molecular formula is C18H18N4O2S. The van der Waals surface area contributed by atoms with E-state index in [4.69, 9.17) is 5.11 Å². The van der Waals surface area contributed by atoms with Crippen LogP contribution in [-0.4, -0.2) is 34.1 Å². The molecule has 0 spiro atoms. The van der Waals surface area contributed by atoms with Gasteiger partial charge in [0.1, 0.15) is 6.04 Å². The predicted molar refractivity (Wildman–Crippen MR) is 98.2 cm³/mol. The van der Waals surface area contributed by atoms with Gasteiger partial charge < -0.3 is 10.4 Å². The minimum Gasteiger partial charge on any atom is -0.395 e. The van der Waals surface area contributed by atoms with Crippen molar-refractivity contribution in [2.75, 3.05) is 18.5 Å². The summed E-state index contributed by atoms with van der Waals surface area (Å²) in [5.74, 6) is -0.213. The van der Waals surface area contributed by atoms with E-state index in [0.717, 1.165) is 16.8 Å². The average molecular weight is 354 g/mol. The number of rotatable bonds is 7. The summed E-state index contributed by atoms with van der Waals surface area (Å²) in [5, 5.41) is 17.4. The molecule has 3 aromatic rings. The fourth-order valence-corrected chi connectivity index (χ4v) is 3.10. The number of carbonyl (C=O) groups is 1. The van der Waals surface area contributed by atoms with Crippen molar-refractivity contribution >= 4 is 22.4 Å². The van der Waals surface area contributed by atoms with Gasteiger partial charge >= 0.3 is 0 Å². The topological polar surface area (TPSA) is 87.1 Å². The van der Waals surface area contributed by atoms with Crippen molar-refractivity contribution in [3.63, 3.8) is 0 Å². The van der Waals surface area contributed by atoms with Crippen LogP contribution < -0.4 is 10.6 Å². The normalized spacial score (nSPS) is 11.9. The Labute approximate surface area is 149 Å².